The molecular formula is C14H19N5O2. The lowest BCUT2D eigenvalue weighted by molar-refractivity contribution is 0.0464. The number of hydrogen-bond donors (Lipinski definition) is 1. The van der Waals surface area contributed by atoms with Crippen molar-refractivity contribution < 1.29 is 9.53 Å². The summed E-state index contributed by atoms with van der Waals surface area (Å²) in [4.78, 5) is 18.1. The molecule has 1 aliphatic heterocycles. The van der Waals surface area contributed by atoms with Crippen LogP contribution in [-0.4, -0.2) is 52.3 Å². The number of fused-ring (bicyclic) bond motifs is 1. The maximum atomic E-state index is 12.2. The Morgan fingerprint density at radius 3 is 3.33 bits per heavy atom. The van der Waals surface area contributed by atoms with Crippen LogP contribution in [0.25, 0.3) is 5.65 Å². The number of amides is 2. The number of nitrogens with one attached hydrogen (secondary N) is 1. The average Bonchev–Trinajstić information content (AvgIpc) is 2.95. The minimum absolute atomic E-state index is 0.145. The van der Waals surface area contributed by atoms with Gasteiger partial charge in [-0.1, -0.05) is 0 Å². The summed E-state index contributed by atoms with van der Waals surface area (Å²) in [5.74, 6) is 0.418. The maximum absolute atomic E-state index is 12.2. The molecule has 3 rings (SSSR count). The summed E-state index contributed by atoms with van der Waals surface area (Å²) < 4.78 is 7.07. The number of rotatable bonds is 3. The summed E-state index contributed by atoms with van der Waals surface area (Å²) in [5.41, 5.74) is 1.38. The molecule has 1 N–H and O–H groups in total. The number of aromatic nitrogens is 3. The summed E-state index contributed by atoms with van der Waals surface area (Å²) in [6, 6.07) is 1.66. The van der Waals surface area contributed by atoms with Crippen LogP contribution in [0.3, 0.4) is 0 Å². The molecule has 7 nitrogen and oxygen atoms in total. The first-order valence-electron chi connectivity index (χ1n) is 7.11. The Bertz CT molecular complexity index is 621. The number of hydrogen-bond acceptors (Lipinski definition) is 4. The van der Waals surface area contributed by atoms with Gasteiger partial charge in [0.15, 0.2) is 5.65 Å². The van der Waals surface area contributed by atoms with Crippen molar-refractivity contribution in [3.63, 3.8) is 0 Å². The van der Waals surface area contributed by atoms with E-state index in [0.29, 0.717) is 18.2 Å². The van der Waals surface area contributed by atoms with E-state index in [4.69, 9.17) is 4.74 Å². The van der Waals surface area contributed by atoms with E-state index in [-0.39, 0.29) is 6.03 Å². The molecule has 2 aromatic rings. The number of carbonyl (C=O) groups is 1. The molecule has 1 aliphatic rings. The minimum atomic E-state index is -0.145. The normalized spacial score (nSPS) is 18.6. The predicted molar refractivity (Wildman–Crippen MR) is 78.2 cm³/mol. The van der Waals surface area contributed by atoms with Crippen LogP contribution >= 0.6 is 0 Å². The highest BCUT2D eigenvalue weighted by molar-refractivity contribution is 5.88. The van der Waals surface area contributed by atoms with Crippen molar-refractivity contribution in [2.24, 2.45) is 5.92 Å². The molecule has 1 fully saturated rings. The molecule has 0 aliphatic carbocycles. The van der Waals surface area contributed by atoms with Gasteiger partial charge in [-0.2, -0.15) is 5.10 Å². The van der Waals surface area contributed by atoms with E-state index >= 15 is 0 Å². The van der Waals surface area contributed by atoms with Crippen LogP contribution in [-0.2, 0) is 4.74 Å². The maximum Gasteiger partial charge on any atom is 0.321 e. The Kier molecular flexibility index (Phi) is 4.01. The monoisotopic (exact) mass is 289 g/mol. The average molecular weight is 289 g/mol. The SMILES string of the molecule is CN(CC1CCCOC1)C(=O)Nc1cnc2ccnn2c1. The van der Waals surface area contributed by atoms with Crippen molar-refractivity contribution in [2.45, 2.75) is 12.8 Å². The van der Waals surface area contributed by atoms with Crippen LogP contribution in [0.5, 0.6) is 0 Å². The number of carbonyl (C=O) groups excluding carboxylic acids is 1. The predicted octanol–water partition coefficient (Wildman–Crippen LogP) is 1.62. The Hall–Kier alpha value is -2.15. The zero-order valence-corrected chi connectivity index (χ0v) is 12.0. The van der Waals surface area contributed by atoms with E-state index in [1.807, 2.05) is 0 Å². The smallest absolute Gasteiger partial charge is 0.321 e. The van der Waals surface area contributed by atoms with Gasteiger partial charge in [-0.3, -0.25) is 0 Å². The number of ether oxygens (including phenoxy) is 1. The fourth-order valence-corrected chi connectivity index (χ4v) is 2.51. The quantitative estimate of drug-likeness (QED) is 0.932. The van der Waals surface area contributed by atoms with E-state index in [0.717, 1.165) is 31.7 Å². The first-order valence-corrected chi connectivity index (χ1v) is 7.11. The van der Waals surface area contributed by atoms with Crippen LogP contribution in [0.2, 0.25) is 0 Å². The summed E-state index contributed by atoms with van der Waals surface area (Å²) in [5, 5.41) is 6.93. The van der Waals surface area contributed by atoms with Crippen LogP contribution < -0.4 is 5.32 Å². The third-order valence-corrected chi connectivity index (χ3v) is 3.63. The molecule has 21 heavy (non-hydrogen) atoms. The molecule has 0 spiro atoms. The van der Waals surface area contributed by atoms with Gasteiger partial charge in [0.2, 0.25) is 0 Å². The third-order valence-electron chi connectivity index (χ3n) is 3.63. The van der Waals surface area contributed by atoms with Gasteiger partial charge in [0.05, 0.1) is 30.9 Å². The Morgan fingerprint density at radius 1 is 1.62 bits per heavy atom. The second-order valence-corrected chi connectivity index (χ2v) is 5.37. The molecule has 0 bridgehead atoms. The summed E-state index contributed by atoms with van der Waals surface area (Å²) >= 11 is 0. The summed E-state index contributed by atoms with van der Waals surface area (Å²) in [6.07, 6.45) is 7.23. The number of nitrogens with zero attached hydrogens (tertiary/aromatic N) is 4. The summed E-state index contributed by atoms with van der Waals surface area (Å²) in [6.45, 7) is 2.27. The molecule has 0 aromatic carbocycles. The number of urea groups is 1. The Balaban J connectivity index is 1.59. The standard InChI is InChI=1S/C14H19N5O2/c1-18(8-11-3-2-6-21-10-11)14(20)17-12-7-15-13-4-5-16-19(13)9-12/h4-5,7,9,11H,2-3,6,8,10H2,1H3,(H,17,20). The van der Waals surface area contributed by atoms with Crippen LogP contribution in [0.1, 0.15) is 12.8 Å². The molecule has 2 aromatic heterocycles. The molecule has 0 saturated carbocycles. The van der Waals surface area contributed by atoms with Gasteiger partial charge in [0, 0.05) is 32.2 Å². The van der Waals surface area contributed by atoms with Gasteiger partial charge in [0.1, 0.15) is 0 Å². The van der Waals surface area contributed by atoms with Gasteiger partial charge < -0.3 is 15.0 Å². The Labute approximate surface area is 122 Å². The molecule has 0 radical (unpaired) electrons. The van der Waals surface area contributed by atoms with Crippen molar-refractivity contribution in [1.29, 1.82) is 0 Å². The van der Waals surface area contributed by atoms with Crippen LogP contribution in [0, 0.1) is 5.92 Å². The summed E-state index contributed by atoms with van der Waals surface area (Å²) in [7, 11) is 1.80. The van der Waals surface area contributed by atoms with Gasteiger partial charge in [-0.15, -0.1) is 0 Å². The van der Waals surface area contributed by atoms with Crippen molar-refractivity contribution in [3.8, 4) is 0 Å². The van der Waals surface area contributed by atoms with Gasteiger partial charge in [0.25, 0.3) is 0 Å². The van der Waals surface area contributed by atoms with Crippen LogP contribution in [0.4, 0.5) is 10.5 Å². The van der Waals surface area contributed by atoms with Crippen molar-refractivity contribution in [1.82, 2.24) is 19.5 Å². The molecule has 7 heteroatoms. The van der Waals surface area contributed by atoms with E-state index in [2.05, 4.69) is 15.4 Å². The highest BCUT2D eigenvalue weighted by Crippen LogP contribution is 2.15. The molecular weight excluding hydrogens is 270 g/mol. The highest BCUT2D eigenvalue weighted by Gasteiger charge is 2.18. The van der Waals surface area contributed by atoms with Gasteiger partial charge >= 0.3 is 6.03 Å². The topological polar surface area (TPSA) is 71.8 Å². The van der Waals surface area contributed by atoms with E-state index in [9.17, 15) is 4.79 Å². The largest absolute Gasteiger partial charge is 0.381 e. The second-order valence-electron chi connectivity index (χ2n) is 5.37. The molecule has 1 saturated heterocycles. The first-order chi connectivity index (χ1) is 10.2. The van der Waals surface area contributed by atoms with Gasteiger partial charge in [-0.05, 0) is 12.8 Å². The molecule has 3 heterocycles. The fourth-order valence-electron chi connectivity index (χ4n) is 2.51. The van der Waals surface area contributed by atoms with Crippen molar-refractivity contribution >= 4 is 17.4 Å². The number of anilines is 1. The van der Waals surface area contributed by atoms with E-state index in [1.165, 1.54) is 0 Å². The molecule has 1 unspecified atom stereocenters. The van der Waals surface area contributed by atoms with Crippen molar-refractivity contribution in [3.05, 3.63) is 24.7 Å². The van der Waals surface area contributed by atoms with Crippen molar-refractivity contribution in [2.75, 3.05) is 32.1 Å². The molecule has 2 amide bonds. The lowest BCUT2D eigenvalue weighted by atomic mass is 10.0. The zero-order valence-electron chi connectivity index (χ0n) is 12.0. The van der Waals surface area contributed by atoms with E-state index < -0.39 is 0 Å². The third kappa shape index (κ3) is 3.30. The molecule has 1 atom stereocenters. The van der Waals surface area contributed by atoms with E-state index in [1.54, 1.807) is 41.1 Å². The van der Waals surface area contributed by atoms with Crippen LogP contribution in [0.15, 0.2) is 24.7 Å². The fraction of sp³-hybridized carbons (Fsp3) is 0.500. The first kappa shape index (κ1) is 13.8. The molecule has 112 valence electrons. The highest BCUT2D eigenvalue weighted by atomic mass is 16.5. The Morgan fingerprint density at radius 2 is 2.52 bits per heavy atom. The second kappa shape index (κ2) is 6.09. The van der Waals surface area contributed by atoms with Gasteiger partial charge in [-0.25, -0.2) is 14.3 Å². The zero-order chi connectivity index (χ0) is 14.7. The lowest BCUT2D eigenvalue weighted by Crippen LogP contribution is -2.37. The lowest BCUT2D eigenvalue weighted by Gasteiger charge is -2.27. The minimum Gasteiger partial charge on any atom is -0.381 e.